The maximum atomic E-state index is 13.7. The predicted molar refractivity (Wildman–Crippen MR) is 53.9 cm³/mol. The molecule has 0 saturated carbocycles. The van der Waals surface area contributed by atoms with Gasteiger partial charge in [0.25, 0.3) is 0 Å². The van der Waals surface area contributed by atoms with E-state index in [1.807, 2.05) is 0 Å². The van der Waals surface area contributed by atoms with Crippen molar-refractivity contribution in [3.05, 3.63) is 29.1 Å². The summed E-state index contributed by atoms with van der Waals surface area (Å²) in [5.74, 6) is 0.353. The SMILES string of the molecule is CC(C)(N)c1cc2c(cc1F)COCO2. The molecule has 15 heavy (non-hydrogen) atoms. The van der Waals surface area contributed by atoms with Crippen molar-refractivity contribution in [2.75, 3.05) is 6.79 Å². The van der Waals surface area contributed by atoms with Crippen LogP contribution in [0.2, 0.25) is 0 Å². The molecule has 0 unspecified atom stereocenters. The minimum atomic E-state index is -0.708. The summed E-state index contributed by atoms with van der Waals surface area (Å²) >= 11 is 0. The first kappa shape index (κ1) is 10.4. The van der Waals surface area contributed by atoms with E-state index >= 15 is 0 Å². The number of nitrogens with two attached hydrogens (primary N) is 1. The van der Waals surface area contributed by atoms with Crippen LogP contribution in [0.3, 0.4) is 0 Å². The van der Waals surface area contributed by atoms with E-state index in [0.29, 0.717) is 17.9 Å². The molecule has 1 heterocycles. The highest BCUT2D eigenvalue weighted by Crippen LogP contribution is 2.31. The van der Waals surface area contributed by atoms with Gasteiger partial charge >= 0.3 is 0 Å². The van der Waals surface area contributed by atoms with Gasteiger partial charge in [0, 0.05) is 16.7 Å². The van der Waals surface area contributed by atoms with Gasteiger partial charge in [0.05, 0.1) is 6.61 Å². The lowest BCUT2D eigenvalue weighted by Crippen LogP contribution is -2.30. The maximum absolute atomic E-state index is 13.7. The van der Waals surface area contributed by atoms with E-state index in [4.69, 9.17) is 15.2 Å². The van der Waals surface area contributed by atoms with Gasteiger partial charge in [-0.05, 0) is 26.0 Å². The Labute approximate surface area is 88.0 Å². The third-order valence-corrected chi connectivity index (χ3v) is 2.40. The van der Waals surface area contributed by atoms with E-state index in [9.17, 15) is 4.39 Å². The molecule has 0 saturated heterocycles. The number of halogens is 1. The van der Waals surface area contributed by atoms with Crippen molar-refractivity contribution in [2.45, 2.75) is 26.0 Å². The van der Waals surface area contributed by atoms with Crippen molar-refractivity contribution in [3.8, 4) is 5.75 Å². The Bertz CT molecular complexity index is 385. The highest BCUT2D eigenvalue weighted by molar-refractivity contribution is 5.41. The van der Waals surface area contributed by atoms with E-state index < -0.39 is 5.54 Å². The molecule has 0 bridgehead atoms. The summed E-state index contributed by atoms with van der Waals surface area (Å²) in [7, 11) is 0. The molecule has 82 valence electrons. The minimum absolute atomic E-state index is 0.211. The molecule has 0 radical (unpaired) electrons. The summed E-state index contributed by atoms with van der Waals surface area (Å²) < 4.78 is 24.0. The van der Waals surface area contributed by atoms with Crippen LogP contribution in [0.15, 0.2) is 12.1 Å². The van der Waals surface area contributed by atoms with Crippen LogP contribution in [0.1, 0.15) is 25.0 Å². The normalized spacial score (nSPS) is 15.7. The number of ether oxygens (including phenoxy) is 2. The third-order valence-electron chi connectivity index (χ3n) is 2.40. The second kappa shape index (κ2) is 3.47. The van der Waals surface area contributed by atoms with Gasteiger partial charge in [-0.15, -0.1) is 0 Å². The Balaban J connectivity index is 2.50. The van der Waals surface area contributed by atoms with E-state index in [1.165, 1.54) is 6.07 Å². The van der Waals surface area contributed by atoms with Gasteiger partial charge < -0.3 is 15.2 Å². The molecule has 0 fully saturated rings. The Hall–Kier alpha value is -1.13. The van der Waals surface area contributed by atoms with Crippen LogP contribution in [0.25, 0.3) is 0 Å². The number of rotatable bonds is 1. The molecule has 4 heteroatoms. The van der Waals surface area contributed by atoms with Gasteiger partial charge in [-0.3, -0.25) is 0 Å². The molecule has 1 aliphatic rings. The Morgan fingerprint density at radius 1 is 1.40 bits per heavy atom. The molecule has 0 atom stereocenters. The summed E-state index contributed by atoms with van der Waals surface area (Å²) in [6.45, 7) is 4.12. The maximum Gasteiger partial charge on any atom is 0.189 e. The predicted octanol–water partition coefficient (Wildman–Crippen LogP) is 1.89. The van der Waals surface area contributed by atoms with Crippen LogP contribution in [-0.2, 0) is 16.9 Å². The van der Waals surface area contributed by atoms with Crippen LogP contribution in [0.4, 0.5) is 4.39 Å². The molecule has 2 rings (SSSR count). The van der Waals surface area contributed by atoms with Crippen molar-refractivity contribution in [1.29, 1.82) is 0 Å². The molecule has 0 aromatic heterocycles. The van der Waals surface area contributed by atoms with Gasteiger partial charge in [-0.25, -0.2) is 4.39 Å². The van der Waals surface area contributed by atoms with E-state index in [1.54, 1.807) is 19.9 Å². The molecule has 0 amide bonds. The van der Waals surface area contributed by atoms with Crippen molar-refractivity contribution >= 4 is 0 Å². The molecule has 0 aliphatic carbocycles. The van der Waals surface area contributed by atoms with E-state index in [-0.39, 0.29) is 12.6 Å². The molecular formula is C11H14FNO2. The topological polar surface area (TPSA) is 44.5 Å². The second-order valence-corrected chi connectivity index (χ2v) is 4.27. The molecule has 1 aromatic rings. The Morgan fingerprint density at radius 2 is 2.13 bits per heavy atom. The summed E-state index contributed by atoms with van der Waals surface area (Å²) in [5.41, 5.74) is 6.35. The van der Waals surface area contributed by atoms with Gasteiger partial charge in [-0.2, -0.15) is 0 Å². The summed E-state index contributed by atoms with van der Waals surface area (Å²) in [6.07, 6.45) is 0. The first-order valence-electron chi connectivity index (χ1n) is 4.81. The van der Waals surface area contributed by atoms with E-state index in [0.717, 1.165) is 5.56 Å². The molecule has 1 aromatic carbocycles. The summed E-state index contributed by atoms with van der Waals surface area (Å²) in [6, 6.07) is 3.09. The number of benzene rings is 1. The van der Waals surface area contributed by atoms with Crippen molar-refractivity contribution in [3.63, 3.8) is 0 Å². The highest BCUT2D eigenvalue weighted by Gasteiger charge is 2.23. The van der Waals surface area contributed by atoms with Crippen LogP contribution >= 0.6 is 0 Å². The number of hydrogen-bond acceptors (Lipinski definition) is 3. The number of fused-ring (bicyclic) bond motifs is 1. The lowest BCUT2D eigenvalue weighted by atomic mass is 9.93. The highest BCUT2D eigenvalue weighted by atomic mass is 19.1. The van der Waals surface area contributed by atoms with Gasteiger partial charge in [0.2, 0.25) is 0 Å². The average Bonchev–Trinajstić information content (AvgIpc) is 2.15. The zero-order valence-electron chi connectivity index (χ0n) is 8.84. The lowest BCUT2D eigenvalue weighted by molar-refractivity contribution is -0.0167. The number of hydrogen-bond donors (Lipinski definition) is 1. The van der Waals surface area contributed by atoms with Gasteiger partial charge in [0.1, 0.15) is 11.6 Å². The van der Waals surface area contributed by atoms with Gasteiger partial charge in [-0.1, -0.05) is 0 Å². The standard InChI is InChI=1S/C11H14FNO2/c1-11(2,13)8-4-10-7(3-9(8)12)5-14-6-15-10/h3-4H,5-6,13H2,1-2H3. The van der Waals surface area contributed by atoms with E-state index in [2.05, 4.69) is 0 Å². The largest absolute Gasteiger partial charge is 0.467 e. The van der Waals surface area contributed by atoms with Crippen molar-refractivity contribution in [2.24, 2.45) is 5.73 Å². The second-order valence-electron chi connectivity index (χ2n) is 4.27. The monoisotopic (exact) mass is 211 g/mol. The molecular weight excluding hydrogens is 197 g/mol. The lowest BCUT2D eigenvalue weighted by Gasteiger charge is -2.24. The first-order chi connectivity index (χ1) is 6.98. The van der Waals surface area contributed by atoms with Crippen LogP contribution in [0.5, 0.6) is 5.75 Å². The molecule has 1 aliphatic heterocycles. The van der Waals surface area contributed by atoms with Crippen molar-refractivity contribution < 1.29 is 13.9 Å². The van der Waals surface area contributed by atoms with Crippen LogP contribution < -0.4 is 10.5 Å². The average molecular weight is 211 g/mol. The quantitative estimate of drug-likeness (QED) is 0.771. The smallest absolute Gasteiger partial charge is 0.189 e. The first-order valence-corrected chi connectivity index (χ1v) is 4.81. The fourth-order valence-electron chi connectivity index (χ4n) is 1.59. The van der Waals surface area contributed by atoms with Gasteiger partial charge in [0.15, 0.2) is 6.79 Å². The van der Waals surface area contributed by atoms with Crippen LogP contribution in [0, 0.1) is 5.82 Å². The summed E-state index contributed by atoms with van der Waals surface area (Å²) in [4.78, 5) is 0. The Kier molecular flexibility index (Phi) is 2.40. The van der Waals surface area contributed by atoms with Crippen molar-refractivity contribution in [1.82, 2.24) is 0 Å². The zero-order chi connectivity index (χ0) is 11.1. The van der Waals surface area contributed by atoms with Crippen LogP contribution in [-0.4, -0.2) is 6.79 Å². The fraction of sp³-hybridized carbons (Fsp3) is 0.455. The fourth-order valence-corrected chi connectivity index (χ4v) is 1.59. The summed E-state index contributed by atoms with van der Waals surface area (Å²) in [5, 5.41) is 0. The molecule has 0 spiro atoms. The Morgan fingerprint density at radius 3 is 2.80 bits per heavy atom. The third kappa shape index (κ3) is 1.96. The zero-order valence-corrected chi connectivity index (χ0v) is 8.84. The molecule has 3 nitrogen and oxygen atoms in total. The minimum Gasteiger partial charge on any atom is -0.467 e. The molecule has 2 N–H and O–H groups in total.